The van der Waals surface area contributed by atoms with E-state index in [2.05, 4.69) is 40.2 Å². The molecule has 0 aliphatic carbocycles. The molecule has 70 valence electrons. The SMILES string of the molecule is [CH]CCCCCc1cccc(Br)c1. The highest BCUT2D eigenvalue weighted by Crippen LogP contribution is 2.14. The van der Waals surface area contributed by atoms with Gasteiger partial charge in [-0.05, 0) is 43.9 Å². The third kappa shape index (κ3) is 4.47. The molecule has 0 N–H and O–H groups in total. The largest absolute Gasteiger partial charge is 0.0609 e. The molecule has 13 heavy (non-hydrogen) atoms. The van der Waals surface area contributed by atoms with Gasteiger partial charge in [-0.3, -0.25) is 0 Å². The Morgan fingerprint density at radius 2 is 2.00 bits per heavy atom. The van der Waals surface area contributed by atoms with Crippen LogP contribution in [0.3, 0.4) is 0 Å². The van der Waals surface area contributed by atoms with Crippen LogP contribution in [0, 0.1) is 6.92 Å². The van der Waals surface area contributed by atoms with Crippen LogP contribution in [0.2, 0.25) is 0 Å². The summed E-state index contributed by atoms with van der Waals surface area (Å²) in [5.41, 5.74) is 1.41. The summed E-state index contributed by atoms with van der Waals surface area (Å²) >= 11 is 3.46. The molecule has 1 aromatic rings. The molecule has 2 radical (unpaired) electrons. The molecule has 0 nitrogen and oxygen atoms in total. The van der Waals surface area contributed by atoms with Gasteiger partial charge in [0, 0.05) is 4.47 Å². The van der Waals surface area contributed by atoms with Crippen LogP contribution in [-0.2, 0) is 6.42 Å². The summed E-state index contributed by atoms with van der Waals surface area (Å²) in [6.07, 6.45) is 5.61. The fourth-order valence-electron chi connectivity index (χ4n) is 1.34. The normalized spacial score (nSPS) is 10.3. The van der Waals surface area contributed by atoms with Crippen molar-refractivity contribution in [3.8, 4) is 0 Å². The predicted molar refractivity (Wildman–Crippen MR) is 60.6 cm³/mol. The third-order valence-electron chi connectivity index (χ3n) is 2.06. The lowest BCUT2D eigenvalue weighted by Gasteiger charge is -2.01. The number of rotatable bonds is 5. The van der Waals surface area contributed by atoms with Gasteiger partial charge in [-0.2, -0.15) is 0 Å². The molecular weight excluding hydrogens is 224 g/mol. The molecular formula is C12H15Br. The molecule has 1 aromatic carbocycles. The molecule has 1 rings (SSSR count). The second-order valence-corrected chi connectivity index (χ2v) is 4.14. The number of unbranched alkanes of at least 4 members (excludes halogenated alkanes) is 3. The first-order valence-corrected chi connectivity index (χ1v) is 5.57. The maximum Gasteiger partial charge on any atom is 0.0177 e. The first-order valence-electron chi connectivity index (χ1n) is 4.77. The summed E-state index contributed by atoms with van der Waals surface area (Å²) in [5, 5.41) is 0. The Morgan fingerprint density at radius 3 is 2.69 bits per heavy atom. The van der Waals surface area contributed by atoms with E-state index in [0.29, 0.717) is 0 Å². The van der Waals surface area contributed by atoms with Crippen molar-refractivity contribution in [2.75, 3.05) is 0 Å². The molecule has 0 fully saturated rings. The Bertz CT molecular complexity index is 243. The van der Waals surface area contributed by atoms with Gasteiger partial charge in [0.25, 0.3) is 0 Å². The lowest BCUT2D eigenvalue weighted by Crippen LogP contribution is -1.85. The van der Waals surface area contributed by atoms with Gasteiger partial charge in [0.1, 0.15) is 0 Å². The van der Waals surface area contributed by atoms with Crippen LogP contribution in [0.15, 0.2) is 28.7 Å². The van der Waals surface area contributed by atoms with Crippen molar-refractivity contribution in [1.82, 2.24) is 0 Å². The van der Waals surface area contributed by atoms with Crippen molar-refractivity contribution in [1.29, 1.82) is 0 Å². The van der Waals surface area contributed by atoms with Crippen molar-refractivity contribution in [3.05, 3.63) is 41.2 Å². The van der Waals surface area contributed by atoms with Crippen LogP contribution in [-0.4, -0.2) is 0 Å². The summed E-state index contributed by atoms with van der Waals surface area (Å²) in [6.45, 7) is 5.42. The van der Waals surface area contributed by atoms with E-state index < -0.39 is 0 Å². The summed E-state index contributed by atoms with van der Waals surface area (Å²) < 4.78 is 1.17. The van der Waals surface area contributed by atoms with Crippen LogP contribution in [0.5, 0.6) is 0 Å². The lowest BCUT2D eigenvalue weighted by atomic mass is 10.1. The van der Waals surface area contributed by atoms with Crippen LogP contribution >= 0.6 is 15.9 Å². The first kappa shape index (κ1) is 10.8. The van der Waals surface area contributed by atoms with Gasteiger partial charge in [0.15, 0.2) is 0 Å². The average Bonchev–Trinajstić information content (AvgIpc) is 2.13. The van der Waals surface area contributed by atoms with Crippen LogP contribution in [0.4, 0.5) is 0 Å². The van der Waals surface area contributed by atoms with Gasteiger partial charge < -0.3 is 0 Å². The Morgan fingerprint density at radius 1 is 1.15 bits per heavy atom. The molecule has 0 aliphatic heterocycles. The van der Waals surface area contributed by atoms with E-state index in [9.17, 15) is 0 Å². The van der Waals surface area contributed by atoms with Crippen molar-refractivity contribution < 1.29 is 0 Å². The highest BCUT2D eigenvalue weighted by atomic mass is 79.9. The molecule has 0 aromatic heterocycles. The number of hydrogen-bond donors (Lipinski definition) is 0. The minimum atomic E-state index is 0.818. The van der Waals surface area contributed by atoms with E-state index in [1.54, 1.807) is 0 Å². The van der Waals surface area contributed by atoms with Crippen LogP contribution in [0.25, 0.3) is 0 Å². The van der Waals surface area contributed by atoms with E-state index in [4.69, 9.17) is 6.92 Å². The van der Waals surface area contributed by atoms with Crippen molar-refractivity contribution in [3.63, 3.8) is 0 Å². The van der Waals surface area contributed by atoms with Crippen LogP contribution in [0.1, 0.15) is 31.2 Å². The number of hydrogen-bond acceptors (Lipinski definition) is 0. The summed E-state index contributed by atoms with van der Waals surface area (Å²) in [4.78, 5) is 0. The van der Waals surface area contributed by atoms with Gasteiger partial charge in [-0.25, -0.2) is 0 Å². The second-order valence-electron chi connectivity index (χ2n) is 3.23. The Labute approximate surface area is 89.5 Å². The molecule has 0 unspecified atom stereocenters. The predicted octanol–water partition coefficient (Wildman–Crippen LogP) is 4.26. The highest BCUT2D eigenvalue weighted by molar-refractivity contribution is 9.10. The van der Waals surface area contributed by atoms with Crippen molar-refractivity contribution in [2.24, 2.45) is 0 Å². The van der Waals surface area contributed by atoms with Crippen LogP contribution < -0.4 is 0 Å². The summed E-state index contributed by atoms with van der Waals surface area (Å²) in [5.74, 6) is 0. The number of aryl methyl sites for hydroxylation is 1. The topological polar surface area (TPSA) is 0 Å². The minimum absolute atomic E-state index is 0.818. The molecule has 0 heterocycles. The number of benzene rings is 1. The Hall–Kier alpha value is -0.300. The molecule has 1 heteroatoms. The van der Waals surface area contributed by atoms with Gasteiger partial charge in [0.2, 0.25) is 0 Å². The van der Waals surface area contributed by atoms with E-state index >= 15 is 0 Å². The van der Waals surface area contributed by atoms with Crippen molar-refractivity contribution >= 4 is 15.9 Å². The number of halogens is 1. The monoisotopic (exact) mass is 238 g/mol. The molecule has 0 amide bonds. The molecule has 0 saturated carbocycles. The Kier molecular flexibility index (Phi) is 5.14. The summed E-state index contributed by atoms with van der Waals surface area (Å²) in [6, 6.07) is 8.50. The lowest BCUT2D eigenvalue weighted by molar-refractivity contribution is 0.686. The van der Waals surface area contributed by atoms with Crippen molar-refractivity contribution in [2.45, 2.75) is 32.1 Å². The fourth-order valence-corrected chi connectivity index (χ4v) is 1.79. The summed E-state index contributed by atoms with van der Waals surface area (Å²) in [7, 11) is 0. The second kappa shape index (κ2) is 6.20. The van der Waals surface area contributed by atoms with Gasteiger partial charge >= 0.3 is 0 Å². The fraction of sp³-hybridized carbons (Fsp3) is 0.417. The zero-order valence-electron chi connectivity index (χ0n) is 7.80. The minimum Gasteiger partial charge on any atom is -0.0609 e. The molecule has 0 aliphatic rings. The zero-order valence-corrected chi connectivity index (χ0v) is 9.39. The van der Waals surface area contributed by atoms with Gasteiger partial charge in [-0.1, -0.05) is 40.9 Å². The highest BCUT2D eigenvalue weighted by Gasteiger charge is 1.93. The van der Waals surface area contributed by atoms with E-state index in [1.165, 1.54) is 29.3 Å². The van der Waals surface area contributed by atoms with E-state index in [0.717, 1.165) is 12.8 Å². The van der Waals surface area contributed by atoms with E-state index in [-0.39, 0.29) is 0 Å². The Balaban J connectivity index is 2.28. The maximum absolute atomic E-state index is 5.42. The standard InChI is InChI=1S/C12H15Br/c1-2-3-4-5-7-11-8-6-9-12(13)10-11/h1,6,8-10H,2-5,7H2. The molecule has 0 bridgehead atoms. The quantitative estimate of drug-likeness (QED) is 0.673. The first-order chi connectivity index (χ1) is 6.33. The smallest absolute Gasteiger partial charge is 0.0177 e. The third-order valence-corrected chi connectivity index (χ3v) is 2.55. The average molecular weight is 239 g/mol. The van der Waals surface area contributed by atoms with E-state index in [1.807, 2.05) is 0 Å². The molecule has 0 spiro atoms. The molecule has 0 atom stereocenters. The zero-order chi connectivity index (χ0) is 9.52. The maximum atomic E-state index is 5.42. The van der Waals surface area contributed by atoms with Gasteiger partial charge in [0.05, 0.1) is 0 Å². The molecule has 0 saturated heterocycles. The van der Waals surface area contributed by atoms with Gasteiger partial charge in [-0.15, -0.1) is 0 Å².